The van der Waals surface area contributed by atoms with E-state index in [0.29, 0.717) is 12.8 Å². The number of benzene rings is 1. The van der Waals surface area contributed by atoms with Crippen LogP contribution in [0.3, 0.4) is 0 Å². The van der Waals surface area contributed by atoms with Gasteiger partial charge in [0.25, 0.3) is 0 Å². The van der Waals surface area contributed by atoms with Gasteiger partial charge in [0.1, 0.15) is 11.6 Å². The van der Waals surface area contributed by atoms with Crippen LogP contribution < -0.4 is 5.73 Å². The Morgan fingerprint density at radius 3 is 2.27 bits per heavy atom. The van der Waals surface area contributed by atoms with Crippen molar-refractivity contribution in [3.05, 3.63) is 34.4 Å². The van der Waals surface area contributed by atoms with Crippen LogP contribution in [-0.4, -0.2) is 0 Å². The van der Waals surface area contributed by atoms with Crippen LogP contribution in [0.5, 0.6) is 0 Å². The highest BCUT2D eigenvalue weighted by atomic mass is 35.5. The lowest BCUT2D eigenvalue weighted by molar-refractivity contribution is 0.429. The Labute approximate surface area is 92.2 Å². The molecule has 0 amide bonds. The van der Waals surface area contributed by atoms with Crippen molar-refractivity contribution in [3.8, 4) is 0 Å². The highest BCUT2D eigenvalue weighted by Gasteiger charge is 2.36. The molecule has 0 saturated heterocycles. The predicted molar refractivity (Wildman–Crippen MR) is 55.7 cm³/mol. The molecular weight excluding hydrogens is 220 g/mol. The molecule has 1 saturated carbocycles. The molecule has 2 rings (SSSR count). The Hall–Kier alpha value is -0.670. The molecule has 0 aromatic heterocycles. The first-order chi connectivity index (χ1) is 7.04. The summed E-state index contributed by atoms with van der Waals surface area (Å²) in [5.74, 6) is -1.12. The molecule has 1 aromatic carbocycles. The van der Waals surface area contributed by atoms with E-state index in [1.165, 1.54) is 0 Å². The average molecular weight is 232 g/mol. The molecule has 82 valence electrons. The molecule has 0 aliphatic heterocycles. The van der Waals surface area contributed by atoms with Crippen molar-refractivity contribution in [2.75, 3.05) is 0 Å². The summed E-state index contributed by atoms with van der Waals surface area (Å²) in [5, 5.41) is -0.167. The summed E-state index contributed by atoms with van der Waals surface area (Å²) in [6.45, 7) is 0. The largest absolute Gasteiger partial charge is 0.321 e. The number of nitrogens with two attached hydrogens (primary N) is 1. The minimum Gasteiger partial charge on any atom is -0.321 e. The van der Waals surface area contributed by atoms with Gasteiger partial charge in [-0.1, -0.05) is 24.4 Å². The SMILES string of the molecule is NC1(c2c(F)ccc(F)c2Cl)CCCC1. The van der Waals surface area contributed by atoms with E-state index in [1.807, 2.05) is 0 Å². The zero-order valence-corrected chi connectivity index (χ0v) is 8.95. The van der Waals surface area contributed by atoms with Gasteiger partial charge in [0.2, 0.25) is 0 Å². The second kappa shape index (κ2) is 3.72. The molecule has 0 spiro atoms. The maximum atomic E-state index is 13.6. The van der Waals surface area contributed by atoms with E-state index in [1.54, 1.807) is 0 Å². The Morgan fingerprint density at radius 1 is 1.13 bits per heavy atom. The molecule has 1 aromatic rings. The van der Waals surface area contributed by atoms with Gasteiger partial charge < -0.3 is 5.73 Å². The van der Waals surface area contributed by atoms with E-state index in [4.69, 9.17) is 17.3 Å². The lowest BCUT2D eigenvalue weighted by Crippen LogP contribution is -2.34. The van der Waals surface area contributed by atoms with E-state index in [2.05, 4.69) is 0 Å². The van der Waals surface area contributed by atoms with Crippen LogP contribution >= 0.6 is 11.6 Å². The first-order valence-corrected chi connectivity index (χ1v) is 5.35. The van der Waals surface area contributed by atoms with Crippen molar-refractivity contribution < 1.29 is 8.78 Å². The maximum Gasteiger partial charge on any atom is 0.142 e. The van der Waals surface area contributed by atoms with Gasteiger partial charge in [0, 0.05) is 11.1 Å². The molecule has 15 heavy (non-hydrogen) atoms. The summed E-state index contributed by atoms with van der Waals surface area (Å²) < 4.78 is 26.8. The number of halogens is 3. The summed E-state index contributed by atoms with van der Waals surface area (Å²) in [6.07, 6.45) is 3.19. The average Bonchev–Trinajstić information content (AvgIpc) is 2.60. The zero-order valence-electron chi connectivity index (χ0n) is 8.19. The molecule has 4 heteroatoms. The first-order valence-electron chi connectivity index (χ1n) is 4.97. The van der Waals surface area contributed by atoms with Crippen molar-refractivity contribution in [2.45, 2.75) is 31.2 Å². The third-order valence-electron chi connectivity index (χ3n) is 3.04. The second-order valence-corrected chi connectivity index (χ2v) is 4.46. The van der Waals surface area contributed by atoms with Crippen LogP contribution in [0.25, 0.3) is 0 Å². The molecule has 2 N–H and O–H groups in total. The molecule has 1 aliphatic rings. The molecule has 0 heterocycles. The Balaban J connectivity index is 2.55. The monoisotopic (exact) mass is 231 g/mol. The summed E-state index contributed by atoms with van der Waals surface area (Å²) in [4.78, 5) is 0. The van der Waals surface area contributed by atoms with Crippen LogP contribution in [0.1, 0.15) is 31.2 Å². The first kappa shape index (κ1) is 10.8. The van der Waals surface area contributed by atoms with E-state index < -0.39 is 17.2 Å². The predicted octanol–water partition coefficient (Wildman–Crippen LogP) is 3.35. The van der Waals surface area contributed by atoms with Gasteiger partial charge >= 0.3 is 0 Å². The number of hydrogen-bond donors (Lipinski definition) is 1. The van der Waals surface area contributed by atoms with Gasteiger partial charge in [-0.05, 0) is 25.0 Å². The van der Waals surface area contributed by atoms with Crippen molar-refractivity contribution >= 4 is 11.6 Å². The molecule has 0 radical (unpaired) electrons. The van der Waals surface area contributed by atoms with Gasteiger partial charge in [-0.25, -0.2) is 8.78 Å². The number of rotatable bonds is 1. The summed E-state index contributed by atoms with van der Waals surface area (Å²) in [5.41, 5.74) is 5.41. The molecular formula is C11H12ClF2N. The van der Waals surface area contributed by atoms with Gasteiger partial charge in [-0.2, -0.15) is 0 Å². The molecule has 0 unspecified atom stereocenters. The van der Waals surface area contributed by atoms with Crippen molar-refractivity contribution in [2.24, 2.45) is 5.73 Å². The maximum absolute atomic E-state index is 13.6. The number of hydrogen-bond acceptors (Lipinski definition) is 1. The Kier molecular flexibility index (Phi) is 2.69. The summed E-state index contributed by atoms with van der Waals surface area (Å²) in [6, 6.07) is 2.11. The fraction of sp³-hybridized carbons (Fsp3) is 0.455. The normalized spacial score (nSPS) is 19.5. The van der Waals surface area contributed by atoms with E-state index in [9.17, 15) is 8.78 Å². The van der Waals surface area contributed by atoms with Gasteiger partial charge in [-0.15, -0.1) is 0 Å². The van der Waals surface area contributed by atoms with Crippen molar-refractivity contribution in [1.29, 1.82) is 0 Å². The summed E-state index contributed by atoms with van der Waals surface area (Å²) in [7, 11) is 0. The van der Waals surface area contributed by atoms with Crippen LogP contribution in [-0.2, 0) is 5.54 Å². The van der Waals surface area contributed by atoms with E-state index >= 15 is 0 Å². The van der Waals surface area contributed by atoms with Gasteiger partial charge in [-0.3, -0.25) is 0 Å². The van der Waals surface area contributed by atoms with Crippen LogP contribution in [0, 0.1) is 11.6 Å². The zero-order chi connectivity index (χ0) is 11.1. The molecule has 1 aliphatic carbocycles. The standard InChI is InChI=1S/C11H12ClF2N/c12-10-8(14)4-3-7(13)9(10)11(15)5-1-2-6-11/h3-4H,1-2,5-6,15H2. The Bertz CT molecular complexity index is 386. The van der Waals surface area contributed by atoms with Crippen LogP contribution in [0.15, 0.2) is 12.1 Å². The topological polar surface area (TPSA) is 26.0 Å². The van der Waals surface area contributed by atoms with E-state index in [0.717, 1.165) is 25.0 Å². The van der Waals surface area contributed by atoms with E-state index in [-0.39, 0.29) is 10.6 Å². The molecule has 0 atom stereocenters. The third kappa shape index (κ3) is 1.74. The van der Waals surface area contributed by atoms with Gasteiger partial charge in [0.15, 0.2) is 0 Å². The highest BCUT2D eigenvalue weighted by molar-refractivity contribution is 6.31. The van der Waals surface area contributed by atoms with Gasteiger partial charge in [0.05, 0.1) is 5.02 Å². The fourth-order valence-electron chi connectivity index (χ4n) is 2.24. The lowest BCUT2D eigenvalue weighted by atomic mass is 9.89. The van der Waals surface area contributed by atoms with Crippen LogP contribution in [0.2, 0.25) is 5.02 Å². The lowest BCUT2D eigenvalue weighted by Gasteiger charge is -2.25. The third-order valence-corrected chi connectivity index (χ3v) is 3.41. The molecule has 1 fully saturated rings. The quantitative estimate of drug-likeness (QED) is 0.737. The minimum absolute atomic E-state index is 0.140. The smallest absolute Gasteiger partial charge is 0.142 e. The van der Waals surface area contributed by atoms with Crippen molar-refractivity contribution in [1.82, 2.24) is 0 Å². The fourth-order valence-corrected chi connectivity index (χ4v) is 2.58. The molecule has 1 nitrogen and oxygen atoms in total. The summed E-state index contributed by atoms with van der Waals surface area (Å²) >= 11 is 5.77. The highest BCUT2D eigenvalue weighted by Crippen LogP contribution is 2.41. The Morgan fingerprint density at radius 2 is 1.67 bits per heavy atom. The second-order valence-electron chi connectivity index (χ2n) is 4.08. The molecule has 0 bridgehead atoms. The van der Waals surface area contributed by atoms with Crippen molar-refractivity contribution in [3.63, 3.8) is 0 Å². The minimum atomic E-state index is -0.788. The van der Waals surface area contributed by atoms with Crippen LogP contribution in [0.4, 0.5) is 8.78 Å².